The number of nitrogens with zero attached hydrogens (tertiary/aromatic N) is 2. The van der Waals surface area contributed by atoms with Gasteiger partial charge in [0, 0.05) is 17.7 Å². The maximum atomic E-state index is 10.5. The van der Waals surface area contributed by atoms with Gasteiger partial charge >= 0.3 is 0 Å². The van der Waals surface area contributed by atoms with Gasteiger partial charge in [-0.2, -0.15) is 0 Å². The Balaban J connectivity index is 2.41. The third kappa shape index (κ3) is 0.958. The molecule has 4 heteroatoms. The number of aldehydes is 1. The molecule has 0 fully saturated rings. The molecule has 2 heterocycles. The number of hydrogen-bond acceptors (Lipinski definition) is 4. The number of carbonyl (C=O) groups excluding carboxylic acids is 1. The summed E-state index contributed by atoms with van der Waals surface area (Å²) in [4.78, 5) is 18.6. The largest absolute Gasteiger partial charge is 0.360 e. The minimum atomic E-state index is -0.115. The van der Waals surface area contributed by atoms with Gasteiger partial charge in [0.15, 0.2) is 0 Å². The van der Waals surface area contributed by atoms with Crippen molar-refractivity contribution < 1.29 is 4.79 Å². The lowest BCUT2D eigenvalue weighted by Crippen LogP contribution is -2.16. The fraction of sp³-hybridized carbons (Fsp3) is 0.375. The van der Waals surface area contributed by atoms with E-state index in [0.717, 1.165) is 23.4 Å². The van der Waals surface area contributed by atoms with Gasteiger partial charge in [-0.1, -0.05) is 0 Å². The number of carbonyl (C=O) groups is 1. The highest BCUT2D eigenvalue weighted by molar-refractivity contribution is 5.69. The zero-order valence-corrected chi connectivity index (χ0v) is 6.74. The second kappa shape index (κ2) is 2.55. The fourth-order valence-electron chi connectivity index (χ4n) is 1.40. The Hall–Kier alpha value is -1.45. The number of nitrogens with one attached hydrogen (secondary N) is 1. The molecule has 0 aliphatic carbocycles. The van der Waals surface area contributed by atoms with Crippen LogP contribution in [0.1, 0.15) is 11.3 Å². The molecule has 1 N–H and O–H groups in total. The number of aryl methyl sites for hydroxylation is 1. The van der Waals surface area contributed by atoms with E-state index in [-0.39, 0.29) is 6.04 Å². The summed E-state index contributed by atoms with van der Waals surface area (Å²) in [5.74, 6) is 0.805. The highest BCUT2D eigenvalue weighted by Gasteiger charge is 2.22. The van der Waals surface area contributed by atoms with Gasteiger partial charge < -0.3 is 10.1 Å². The molecule has 1 atom stereocenters. The van der Waals surface area contributed by atoms with Crippen molar-refractivity contribution in [3.05, 3.63) is 17.6 Å². The van der Waals surface area contributed by atoms with Crippen molar-refractivity contribution >= 4 is 12.1 Å². The molecule has 0 spiro atoms. The molecule has 0 amide bonds. The van der Waals surface area contributed by atoms with Gasteiger partial charge in [-0.15, -0.1) is 0 Å². The van der Waals surface area contributed by atoms with Crippen LogP contribution in [-0.2, 0) is 11.2 Å². The van der Waals surface area contributed by atoms with Crippen molar-refractivity contribution in [3.8, 4) is 0 Å². The van der Waals surface area contributed by atoms with E-state index in [1.165, 1.54) is 6.33 Å². The summed E-state index contributed by atoms with van der Waals surface area (Å²) in [7, 11) is 0. The van der Waals surface area contributed by atoms with Crippen LogP contribution < -0.4 is 5.32 Å². The second-order valence-corrected chi connectivity index (χ2v) is 2.88. The lowest BCUT2D eigenvalue weighted by Gasteiger charge is -1.99. The van der Waals surface area contributed by atoms with Crippen molar-refractivity contribution in [2.75, 3.05) is 5.32 Å². The molecule has 2 rings (SSSR count). The van der Waals surface area contributed by atoms with Crippen molar-refractivity contribution in [2.45, 2.75) is 19.4 Å². The van der Waals surface area contributed by atoms with Crippen LogP contribution in [0.25, 0.3) is 0 Å². The number of aromatic nitrogens is 2. The van der Waals surface area contributed by atoms with Crippen LogP contribution in [0.4, 0.5) is 5.82 Å². The topological polar surface area (TPSA) is 54.9 Å². The number of rotatable bonds is 1. The number of fused-ring (bicyclic) bond motifs is 1. The van der Waals surface area contributed by atoms with Crippen molar-refractivity contribution in [1.82, 2.24) is 9.97 Å². The van der Waals surface area contributed by atoms with Gasteiger partial charge in [0.25, 0.3) is 0 Å². The summed E-state index contributed by atoms with van der Waals surface area (Å²) in [6, 6.07) is -0.115. The molecule has 1 aliphatic heterocycles. The SMILES string of the molecule is Cc1ncnc2c1CC(C=O)N2. The van der Waals surface area contributed by atoms with Crippen LogP contribution in [-0.4, -0.2) is 22.3 Å². The van der Waals surface area contributed by atoms with Crippen LogP contribution in [0.5, 0.6) is 0 Å². The third-order valence-electron chi connectivity index (χ3n) is 2.07. The van der Waals surface area contributed by atoms with Crippen LogP contribution in [0.2, 0.25) is 0 Å². The molecule has 1 aliphatic rings. The van der Waals surface area contributed by atoms with E-state index in [2.05, 4.69) is 15.3 Å². The molecule has 62 valence electrons. The Morgan fingerprint density at radius 2 is 2.50 bits per heavy atom. The molecule has 1 aromatic heterocycles. The molecule has 0 saturated carbocycles. The summed E-state index contributed by atoms with van der Waals surface area (Å²) >= 11 is 0. The monoisotopic (exact) mass is 163 g/mol. The fourth-order valence-corrected chi connectivity index (χ4v) is 1.40. The van der Waals surface area contributed by atoms with E-state index in [0.29, 0.717) is 6.42 Å². The zero-order valence-electron chi connectivity index (χ0n) is 6.74. The minimum Gasteiger partial charge on any atom is -0.360 e. The summed E-state index contributed by atoms with van der Waals surface area (Å²) < 4.78 is 0. The van der Waals surface area contributed by atoms with Crippen molar-refractivity contribution in [1.29, 1.82) is 0 Å². The standard InChI is InChI=1S/C8H9N3O/c1-5-7-2-6(3-12)11-8(7)10-4-9-5/h3-4,6H,2H2,1H3,(H,9,10,11). The van der Waals surface area contributed by atoms with Crippen molar-refractivity contribution in [2.24, 2.45) is 0 Å². The molecule has 12 heavy (non-hydrogen) atoms. The van der Waals surface area contributed by atoms with E-state index in [1.54, 1.807) is 0 Å². The molecule has 1 unspecified atom stereocenters. The molecule has 0 radical (unpaired) electrons. The Kier molecular flexibility index (Phi) is 1.53. The first-order chi connectivity index (χ1) is 5.81. The molecule has 4 nitrogen and oxygen atoms in total. The Labute approximate surface area is 70.0 Å². The van der Waals surface area contributed by atoms with E-state index in [9.17, 15) is 4.79 Å². The van der Waals surface area contributed by atoms with Gasteiger partial charge in [0.05, 0.1) is 6.04 Å². The van der Waals surface area contributed by atoms with Crippen LogP contribution in [0.3, 0.4) is 0 Å². The van der Waals surface area contributed by atoms with Crippen LogP contribution in [0, 0.1) is 6.92 Å². The summed E-state index contributed by atoms with van der Waals surface area (Å²) in [6.45, 7) is 1.93. The highest BCUT2D eigenvalue weighted by atomic mass is 16.1. The van der Waals surface area contributed by atoms with Crippen LogP contribution >= 0.6 is 0 Å². The van der Waals surface area contributed by atoms with Gasteiger partial charge in [-0.25, -0.2) is 9.97 Å². The average Bonchev–Trinajstić information content (AvgIpc) is 2.49. The normalized spacial score (nSPS) is 19.9. The first kappa shape index (κ1) is 7.21. The lowest BCUT2D eigenvalue weighted by molar-refractivity contribution is -0.108. The van der Waals surface area contributed by atoms with E-state index in [4.69, 9.17) is 0 Å². The Morgan fingerprint density at radius 1 is 1.67 bits per heavy atom. The summed E-state index contributed by atoms with van der Waals surface area (Å²) in [6.07, 6.45) is 3.13. The quantitative estimate of drug-likeness (QED) is 0.606. The van der Waals surface area contributed by atoms with E-state index in [1.807, 2.05) is 6.92 Å². The maximum Gasteiger partial charge on any atom is 0.142 e. The van der Waals surface area contributed by atoms with Gasteiger partial charge in [0.2, 0.25) is 0 Å². The molecule has 0 saturated heterocycles. The first-order valence-electron chi connectivity index (χ1n) is 3.83. The third-order valence-corrected chi connectivity index (χ3v) is 2.07. The molecular weight excluding hydrogens is 154 g/mol. The second-order valence-electron chi connectivity index (χ2n) is 2.88. The lowest BCUT2D eigenvalue weighted by atomic mass is 10.1. The Bertz CT molecular complexity index is 324. The maximum absolute atomic E-state index is 10.5. The van der Waals surface area contributed by atoms with Crippen LogP contribution in [0.15, 0.2) is 6.33 Å². The molecular formula is C8H9N3O. The number of anilines is 1. The molecule has 0 aromatic carbocycles. The Morgan fingerprint density at radius 3 is 3.17 bits per heavy atom. The van der Waals surface area contributed by atoms with Gasteiger partial charge in [-0.3, -0.25) is 0 Å². The zero-order chi connectivity index (χ0) is 8.55. The first-order valence-corrected chi connectivity index (χ1v) is 3.83. The predicted molar refractivity (Wildman–Crippen MR) is 43.9 cm³/mol. The summed E-state index contributed by atoms with van der Waals surface area (Å²) in [5.41, 5.74) is 2.02. The van der Waals surface area contributed by atoms with Crippen molar-refractivity contribution in [3.63, 3.8) is 0 Å². The van der Waals surface area contributed by atoms with E-state index < -0.39 is 0 Å². The van der Waals surface area contributed by atoms with Gasteiger partial charge in [0.1, 0.15) is 18.4 Å². The van der Waals surface area contributed by atoms with E-state index >= 15 is 0 Å². The minimum absolute atomic E-state index is 0.115. The smallest absolute Gasteiger partial charge is 0.142 e. The highest BCUT2D eigenvalue weighted by Crippen LogP contribution is 2.23. The predicted octanol–water partition coefficient (Wildman–Crippen LogP) is 0.321. The summed E-state index contributed by atoms with van der Waals surface area (Å²) in [5, 5.41) is 3.01. The number of hydrogen-bond donors (Lipinski definition) is 1. The molecule has 1 aromatic rings. The van der Waals surface area contributed by atoms with Gasteiger partial charge in [-0.05, 0) is 6.92 Å². The molecule has 0 bridgehead atoms. The average molecular weight is 163 g/mol.